The standard InChI is InChI=1S/C48H58N13O7P/c1-29(2)61(30(3)4)69(65-24-21-50-7)68-40-26-42(66-31(40)5)60-28-51-43-44(54-41(63)27-64-37-11-9-8-10-12-37)55-48(56-45(43)60)53-39-25-34(15-18-38(39)52-32(6)62)47-58-57-46(67-47)33-13-16-36(17-14-33)59-22-19-35(49)20-23-59/h8-18,25,28-31,35,40,42H,19-24,26-27,49H2,1-6H3,(H,52,62)(H2,53,54,55,56,63)/t31-,40?,42-,69?/m1/s1/i5D. The van der Waals surface area contributed by atoms with E-state index in [2.05, 4.69) is 73.2 Å². The van der Waals surface area contributed by atoms with Gasteiger partial charge in [0.25, 0.3) is 14.4 Å². The van der Waals surface area contributed by atoms with Crippen molar-refractivity contribution in [3.05, 3.63) is 90.5 Å². The van der Waals surface area contributed by atoms with Crippen LogP contribution in [-0.4, -0.2) is 109 Å². The van der Waals surface area contributed by atoms with Gasteiger partial charge in [0.2, 0.25) is 30.2 Å². The van der Waals surface area contributed by atoms with Crippen molar-refractivity contribution in [3.63, 3.8) is 0 Å². The molecule has 3 aromatic heterocycles. The first kappa shape index (κ1) is 47.5. The minimum absolute atomic E-state index is 0.0309. The Kier molecular flexibility index (Phi) is 15.3. The molecule has 21 heteroatoms. The molecule has 0 bridgehead atoms. The highest BCUT2D eigenvalue weighted by Crippen LogP contribution is 2.50. The number of carbonyl (C=O) groups is 2. The predicted octanol–water partition coefficient (Wildman–Crippen LogP) is 8.16. The van der Waals surface area contributed by atoms with Gasteiger partial charge in [-0.3, -0.25) is 14.2 Å². The molecule has 0 saturated carbocycles. The number of rotatable bonds is 19. The summed E-state index contributed by atoms with van der Waals surface area (Å²) in [5, 5.41) is 17.7. The molecule has 362 valence electrons. The molecule has 20 nitrogen and oxygen atoms in total. The molecule has 2 saturated heterocycles. The number of benzene rings is 3. The molecule has 2 aliphatic heterocycles. The van der Waals surface area contributed by atoms with Crippen molar-refractivity contribution in [2.75, 3.05) is 53.7 Å². The van der Waals surface area contributed by atoms with Crippen LogP contribution >= 0.6 is 8.53 Å². The Labute approximate surface area is 403 Å². The normalized spacial score (nSPS) is 18.1. The third-order valence-electron chi connectivity index (χ3n) is 11.4. The van der Waals surface area contributed by atoms with Gasteiger partial charge in [0.1, 0.15) is 18.6 Å². The number of imidazole rings is 1. The van der Waals surface area contributed by atoms with Crippen molar-refractivity contribution >= 4 is 60.3 Å². The van der Waals surface area contributed by atoms with E-state index in [1.54, 1.807) is 53.4 Å². The summed E-state index contributed by atoms with van der Waals surface area (Å²) in [6, 6.07) is 22.5. The summed E-state index contributed by atoms with van der Waals surface area (Å²) in [5.74, 6) is 0.349. The zero-order chi connectivity index (χ0) is 49.3. The SMILES string of the molecule is [2H]C[C@H]1O[C@@H](n2cnc3c(NC(=O)COc4ccccc4)nc(Nc4cc(-c5nnc(-c6ccc(N7CCC(N)CC7)cc6)o5)ccc4NC(C)=O)nc32)CC1OP(OCC[N+]#[C-])N(C(C)C)C(C)C. The van der Waals surface area contributed by atoms with Crippen molar-refractivity contribution in [2.24, 2.45) is 5.73 Å². The summed E-state index contributed by atoms with van der Waals surface area (Å²) in [5.41, 5.74) is 9.83. The fraction of sp³-hybridized carbons (Fsp3) is 0.417. The van der Waals surface area contributed by atoms with Crippen molar-refractivity contribution in [1.82, 2.24) is 34.4 Å². The van der Waals surface area contributed by atoms with Crippen LogP contribution in [0.1, 0.15) is 68.4 Å². The topological polar surface area (TPSA) is 227 Å². The van der Waals surface area contributed by atoms with Crippen molar-refractivity contribution in [1.29, 1.82) is 0 Å². The van der Waals surface area contributed by atoms with Gasteiger partial charge in [0.15, 0.2) is 23.6 Å². The van der Waals surface area contributed by atoms with E-state index in [0.29, 0.717) is 40.6 Å². The fourth-order valence-corrected chi connectivity index (χ4v) is 9.87. The number of hydrogen-bond donors (Lipinski definition) is 4. The minimum Gasteiger partial charge on any atom is -0.484 e. The summed E-state index contributed by atoms with van der Waals surface area (Å²) in [6.07, 6.45) is 1.85. The van der Waals surface area contributed by atoms with Gasteiger partial charge in [0.05, 0.1) is 29.9 Å². The second-order valence-electron chi connectivity index (χ2n) is 17.2. The third kappa shape index (κ3) is 12.0. The molecule has 2 unspecified atom stereocenters. The van der Waals surface area contributed by atoms with Crippen LogP contribution in [-0.2, 0) is 23.4 Å². The average Bonchev–Trinajstić information content (AvgIpc) is 4.11. The number of para-hydroxylation sites is 1. The molecule has 5 heterocycles. The van der Waals surface area contributed by atoms with E-state index in [1.807, 2.05) is 30.3 Å². The fourth-order valence-electron chi connectivity index (χ4n) is 8.12. The molecule has 0 aliphatic carbocycles. The Morgan fingerprint density at radius 2 is 1.71 bits per heavy atom. The number of nitrogens with one attached hydrogen (secondary N) is 3. The molecule has 6 aromatic rings. The molecule has 4 atom stereocenters. The van der Waals surface area contributed by atoms with Crippen LogP contribution in [0.25, 0.3) is 38.9 Å². The molecular formula is C48H58N13O7P. The highest BCUT2D eigenvalue weighted by atomic mass is 31.2. The van der Waals surface area contributed by atoms with Gasteiger partial charge in [-0.2, -0.15) is 9.97 Å². The molecule has 2 aliphatic rings. The van der Waals surface area contributed by atoms with Crippen molar-refractivity contribution < 1.29 is 33.9 Å². The van der Waals surface area contributed by atoms with Crippen LogP contribution in [0, 0.1) is 6.57 Å². The number of aromatic nitrogens is 6. The van der Waals surface area contributed by atoms with E-state index in [1.165, 1.54) is 6.92 Å². The first-order chi connectivity index (χ1) is 33.9. The highest BCUT2D eigenvalue weighted by Gasteiger charge is 2.40. The predicted molar refractivity (Wildman–Crippen MR) is 264 cm³/mol. The van der Waals surface area contributed by atoms with E-state index in [0.717, 1.165) is 37.2 Å². The molecule has 2 amide bonds. The number of piperidine rings is 1. The lowest BCUT2D eigenvalue weighted by molar-refractivity contribution is -0.118. The maximum atomic E-state index is 13.5. The number of nitrogens with zero attached hydrogens (tertiary/aromatic N) is 9. The maximum absolute atomic E-state index is 13.5. The lowest BCUT2D eigenvalue weighted by Crippen LogP contribution is -2.39. The van der Waals surface area contributed by atoms with Crippen LogP contribution in [0.4, 0.5) is 28.8 Å². The molecule has 3 aromatic carbocycles. The van der Waals surface area contributed by atoms with Crippen LogP contribution in [0.5, 0.6) is 5.75 Å². The van der Waals surface area contributed by atoms with Crippen molar-refractivity contribution in [3.8, 4) is 28.7 Å². The summed E-state index contributed by atoms with van der Waals surface area (Å²) < 4.78 is 43.6. The molecule has 0 spiro atoms. The monoisotopic (exact) mass is 960 g/mol. The maximum Gasteiger partial charge on any atom is 0.263 e. The molecule has 5 N–H and O–H groups in total. The Balaban J connectivity index is 1.10. The summed E-state index contributed by atoms with van der Waals surface area (Å²) in [4.78, 5) is 46.0. The molecular weight excluding hydrogens is 902 g/mol. The van der Waals surface area contributed by atoms with Crippen LogP contribution in [0.15, 0.2) is 83.5 Å². The lowest BCUT2D eigenvalue weighted by Gasteiger charge is -2.36. The molecule has 0 radical (unpaired) electrons. The Morgan fingerprint density at radius 1 is 0.986 bits per heavy atom. The minimum atomic E-state index is -1.63. The van der Waals surface area contributed by atoms with Gasteiger partial charge in [-0.05, 0) is 102 Å². The number of anilines is 5. The van der Waals surface area contributed by atoms with Crippen LogP contribution in [0.2, 0.25) is 0 Å². The number of amides is 2. The Morgan fingerprint density at radius 3 is 2.41 bits per heavy atom. The second-order valence-corrected chi connectivity index (χ2v) is 18.7. The Hall–Kier alpha value is -6.59. The van der Waals surface area contributed by atoms with Gasteiger partial charge >= 0.3 is 0 Å². The molecule has 69 heavy (non-hydrogen) atoms. The summed E-state index contributed by atoms with van der Waals surface area (Å²) in [6.45, 7) is 18.7. The van der Waals surface area contributed by atoms with E-state index in [9.17, 15) is 9.59 Å². The van der Waals surface area contributed by atoms with E-state index < -0.39 is 32.9 Å². The average molecular weight is 961 g/mol. The molecule has 2 fully saturated rings. The zero-order valence-electron chi connectivity index (χ0n) is 40.2. The third-order valence-corrected chi connectivity index (χ3v) is 13.6. The van der Waals surface area contributed by atoms with Gasteiger partial charge in [-0.25, -0.2) is 16.2 Å². The van der Waals surface area contributed by atoms with E-state index >= 15 is 0 Å². The highest BCUT2D eigenvalue weighted by molar-refractivity contribution is 7.44. The number of nitrogens with two attached hydrogens (primary N) is 1. The summed E-state index contributed by atoms with van der Waals surface area (Å²) >= 11 is 0. The van der Waals surface area contributed by atoms with Crippen LogP contribution in [0.3, 0.4) is 0 Å². The lowest BCUT2D eigenvalue weighted by atomic mass is 10.1. The van der Waals surface area contributed by atoms with E-state index in [-0.39, 0.29) is 73.9 Å². The van der Waals surface area contributed by atoms with Gasteiger partial charge in [0, 0.05) is 62.7 Å². The largest absolute Gasteiger partial charge is 0.484 e. The quantitative estimate of drug-likeness (QED) is 0.0341. The zero-order valence-corrected chi connectivity index (χ0v) is 40.1. The smallest absolute Gasteiger partial charge is 0.263 e. The Bertz CT molecular complexity index is 2760. The van der Waals surface area contributed by atoms with Gasteiger partial charge in [-0.15, -0.1) is 10.2 Å². The number of hydrogen-bond acceptors (Lipinski definition) is 16. The van der Waals surface area contributed by atoms with Crippen molar-refractivity contribution in [2.45, 2.75) is 97.3 Å². The van der Waals surface area contributed by atoms with Gasteiger partial charge < -0.3 is 54.4 Å². The number of ether oxygens (including phenoxy) is 2. The summed E-state index contributed by atoms with van der Waals surface area (Å²) in [7, 11) is -1.63. The second kappa shape index (κ2) is 22.2. The van der Waals surface area contributed by atoms with Crippen LogP contribution < -0.4 is 31.3 Å². The first-order valence-corrected chi connectivity index (χ1v) is 24.0. The first-order valence-electron chi connectivity index (χ1n) is 23.6. The number of fused-ring (bicyclic) bond motifs is 1. The molecule has 8 rings (SSSR count). The van der Waals surface area contributed by atoms with E-state index in [4.69, 9.17) is 46.6 Å². The van der Waals surface area contributed by atoms with Gasteiger partial charge in [-0.1, -0.05) is 18.2 Å². The number of carbonyl (C=O) groups excluding carboxylic acids is 2.